The molecule has 134 valence electrons. The number of benzene rings is 1. The van der Waals surface area contributed by atoms with Crippen LogP contribution in [0.2, 0.25) is 0 Å². The van der Waals surface area contributed by atoms with Gasteiger partial charge in [0, 0.05) is 44.6 Å². The lowest BCUT2D eigenvalue weighted by molar-refractivity contribution is 0.134. The van der Waals surface area contributed by atoms with Crippen LogP contribution in [-0.4, -0.2) is 49.3 Å². The molecule has 0 bridgehead atoms. The number of aromatic nitrogens is 1. The second-order valence-corrected chi connectivity index (χ2v) is 6.21. The van der Waals surface area contributed by atoms with Crippen LogP contribution in [0.15, 0.2) is 48.8 Å². The van der Waals surface area contributed by atoms with Gasteiger partial charge in [0.05, 0.1) is 6.61 Å². The van der Waals surface area contributed by atoms with Crippen LogP contribution in [-0.2, 0) is 0 Å². The summed E-state index contributed by atoms with van der Waals surface area (Å²) in [6, 6.07) is 12.4. The van der Waals surface area contributed by atoms with Crippen LogP contribution in [0, 0.1) is 0 Å². The molecule has 5 nitrogen and oxygen atoms in total. The van der Waals surface area contributed by atoms with E-state index in [4.69, 9.17) is 9.47 Å². The summed E-state index contributed by atoms with van der Waals surface area (Å²) in [5, 5.41) is 3.47. The highest BCUT2D eigenvalue weighted by Gasteiger charge is 2.23. The molecule has 1 fully saturated rings. The van der Waals surface area contributed by atoms with Crippen molar-refractivity contribution < 1.29 is 9.47 Å². The number of pyridine rings is 1. The second-order valence-electron chi connectivity index (χ2n) is 6.21. The summed E-state index contributed by atoms with van der Waals surface area (Å²) in [4.78, 5) is 6.72. The fourth-order valence-electron chi connectivity index (χ4n) is 3.05. The number of hydrogen-bond donors (Lipinski definition) is 1. The van der Waals surface area contributed by atoms with Crippen molar-refractivity contribution >= 4 is 0 Å². The molecule has 0 aliphatic carbocycles. The monoisotopic (exact) mass is 341 g/mol. The molecule has 2 aromatic rings. The van der Waals surface area contributed by atoms with Crippen molar-refractivity contribution in [2.45, 2.75) is 19.4 Å². The molecule has 1 aromatic heterocycles. The molecule has 0 amide bonds. The minimum atomic E-state index is 0.357. The molecule has 5 heteroatoms. The maximum absolute atomic E-state index is 5.92. The summed E-state index contributed by atoms with van der Waals surface area (Å²) in [6.45, 7) is 7.41. The third-order valence-electron chi connectivity index (χ3n) is 4.37. The summed E-state index contributed by atoms with van der Waals surface area (Å²) < 4.78 is 11.5. The van der Waals surface area contributed by atoms with Crippen molar-refractivity contribution in [2.75, 3.05) is 39.4 Å². The van der Waals surface area contributed by atoms with Gasteiger partial charge < -0.3 is 14.8 Å². The predicted molar refractivity (Wildman–Crippen MR) is 99.1 cm³/mol. The fraction of sp³-hybridized carbons (Fsp3) is 0.450. The van der Waals surface area contributed by atoms with E-state index in [2.05, 4.69) is 28.2 Å². The molecule has 0 spiro atoms. The van der Waals surface area contributed by atoms with Gasteiger partial charge in [-0.2, -0.15) is 0 Å². The molecule has 3 rings (SSSR count). The first-order chi connectivity index (χ1) is 12.4. The lowest BCUT2D eigenvalue weighted by atomic mass is 10.1. The van der Waals surface area contributed by atoms with Gasteiger partial charge in [0.25, 0.3) is 0 Å². The molecule has 1 aliphatic rings. The SMILES string of the molecule is CCCOc1ccc(OCCN2CCNCC2c2cccnc2)cc1. The molecule has 1 N–H and O–H groups in total. The Morgan fingerprint density at radius 1 is 1.12 bits per heavy atom. The first kappa shape index (κ1) is 17.7. The van der Waals surface area contributed by atoms with Crippen LogP contribution < -0.4 is 14.8 Å². The molecule has 1 aliphatic heterocycles. The Hall–Kier alpha value is -2.11. The van der Waals surface area contributed by atoms with Crippen molar-refractivity contribution in [1.29, 1.82) is 0 Å². The number of ether oxygens (including phenoxy) is 2. The van der Waals surface area contributed by atoms with Gasteiger partial charge in [0.15, 0.2) is 0 Å². The Bertz CT molecular complexity index is 619. The van der Waals surface area contributed by atoms with E-state index in [1.165, 1.54) is 5.56 Å². The first-order valence-corrected chi connectivity index (χ1v) is 9.07. The molecule has 1 aromatic carbocycles. The zero-order valence-electron chi connectivity index (χ0n) is 14.9. The zero-order chi connectivity index (χ0) is 17.3. The van der Waals surface area contributed by atoms with Crippen molar-refractivity contribution in [3.8, 4) is 11.5 Å². The summed E-state index contributed by atoms with van der Waals surface area (Å²) in [6.07, 6.45) is 4.79. The van der Waals surface area contributed by atoms with Crippen molar-refractivity contribution in [1.82, 2.24) is 15.2 Å². The molecule has 1 saturated heterocycles. The van der Waals surface area contributed by atoms with E-state index in [0.29, 0.717) is 12.6 Å². The lowest BCUT2D eigenvalue weighted by Crippen LogP contribution is -2.47. The second kappa shape index (κ2) is 9.39. The van der Waals surface area contributed by atoms with E-state index >= 15 is 0 Å². The third kappa shape index (κ3) is 5.18. The third-order valence-corrected chi connectivity index (χ3v) is 4.37. The highest BCUT2D eigenvalue weighted by atomic mass is 16.5. The van der Waals surface area contributed by atoms with Gasteiger partial charge in [0.2, 0.25) is 0 Å². The van der Waals surface area contributed by atoms with Crippen molar-refractivity contribution in [2.24, 2.45) is 0 Å². The van der Waals surface area contributed by atoms with Gasteiger partial charge in [-0.05, 0) is 42.3 Å². The largest absolute Gasteiger partial charge is 0.494 e. The Labute approximate surface area is 150 Å². The van der Waals surface area contributed by atoms with E-state index in [0.717, 1.165) is 50.7 Å². The number of nitrogens with one attached hydrogen (secondary N) is 1. The molecule has 0 saturated carbocycles. The topological polar surface area (TPSA) is 46.6 Å². The maximum Gasteiger partial charge on any atom is 0.119 e. The number of nitrogens with zero attached hydrogens (tertiary/aromatic N) is 2. The average Bonchev–Trinajstić information content (AvgIpc) is 2.68. The minimum Gasteiger partial charge on any atom is -0.494 e. The number of hydrogen-bond acceptors (Lipinski definition) is 5. The van der Waals surface area contributed by atoms with Gasteiger partial charge >= 0.3 is 0 Å². The van der Waals surface area contributed by atoms with Crippen LogP contribution >= 0.6 is 0 Å². The van der Waals surface area contributed by atoms with Crippen LogP contribution in [0.25, 0.3) is 0 Å². The molecule has 1 atom stereocenters. The molecule has 1 unspecified atom stereocenters. The van der Waals surface area contributed by atoms with Crippen LogP contribution in [0.3, 0.4) is 0 Å². The average molecular weight is 341 g/mol. The Morgan fingerprint density at radius 2 is 1.88 bits per heavy atom. The highest BCUT2D eigenvalue weighted by molar-refractivity contribution is 5.31. The Balaban J connectivity index is 1.50. The van der Waals surface area contributed by atoms with Crippen LogP contribution in [0.5, 0.6) is 11.5 Å². The lowest BCUT2D eigenvalue weighted by Gasteiger charge is -2.36. The van der Waals surface area contributed by atoms with E-state index in [-0.39, 0.29) is 0 Å². The minimum absolute atomic E-state index is 0.357. The molecular formula is C20H27N3O2. The van der Waals surface area contributed by atoms with Gasteiger partial charge in [-0.15, -0.1) is 0 Å². The molecule has 0 radical (unpaired) electrons. The van der Waals surface area contributed by atoms with Crippen LogP contribution in [0.4, 0.5) is 0 Å². The maximum atomic E-state index is 5.92. The first-order valence-electron chi connectivity index (χ1n) is 9.07. The normalized spacial score (nSPS) is 18.0. The highest BCUT2D eigenvalue weighted by Crippen LogP contribution is 2.22. The van der Waals surface area contributed by atoms with Crippen molar-refractivity contribution in [3.63, 3.8) is 0 Å². The van der Waals surface area contributed by atoms with E-state index < -0.39 is 0 Å². The van der Waals surface area contributed by atoms with E-state index in [1.54, 1.807) is 0 Å². The Kier molecular flexibility index (Phi) is 6.65. The fourth-order valence-corrected chi connectivity index (χ4v) is 3.05. The van der Waals surface area contributed by atoms with Gasteiger partial charge in [-0.3, -0.25) is 9.88 Å². The molecule has 25 heavy (non-hydrogen) atoms. The van der Waals surface area contributed by atoms with Gasteiger partial charge in [0.1, 0.15) is 18.1 Å². The Morgan fingerprint density at radius 3 is 2.56 bits per heavy atom. The van der Waals surface area contributed by atoms with E-state index in [1.807, 2.05) is 42.7 Å². The van der Waals surface area contributed by atoms with Gasteiger partial charge in [-0.1, -0.05) is 13.0 Å². The number of rotatable bonds is 8. The summed E-state index contributed by atoms with van der Waals surface area (Å²) in [5.74, 6) is 1.78. The summed E-state index contributed by atoms with van der Waals surface area (Å²) in [7, 11) is 0. The smallest absolute Gasteiger partial charge is 0.119 e. The van der Waals surface area contributed by atoms with Gasteiger partial charge in [-0.25, -0.2) is 0 Å². The standard InChI is InChI=1S/C20H27N3O2/c1-2-13-24-18-5-7-19(8-6-18)25-14-12-23-11-10-22-16-20(23)17-4-3-9-21-15-17/h3-9,15,20,22H,2,10-14,16H2,1H3. The summed E-state index contributed by atoms with van der Waals surface area (Å²) >= 11 is 0. The molecular weight excluding hydrogens is 314 g/mol. The van der Waals surface area contributed by atoms with Crippen LogP contribution in [0.1, 0.15) is 24.9 Å². The molecule has 2 heterocycles. The van der Waals surface area contributed by atoms with E-state index in [9.17, 15) is 0 Å². The zero-order valence-corrected chi connectivity index (χ0v) is 14.9. The van der Waals surface area contributed by atoms with Crippen molar-refractivity contribution in [3.05, 3.63) is 54.4 Å². The number of piperazine rings is 1. The predicted octanol–water partition coefficient (Wildman–Crippen LogP) is 2.90. The quantitative estimate of drug-likeness (QED) is 0.800. The summed E-state index contributed by atoms with van der Waals surface area (Å²) in [5.41, 5.74) is 1.26.